The lowest BCUT2D eigenvalue weighted by Gasteiger charge is -2.36. The Morgan fingerprint density at radius 3 is 2.90 bits per heavy atom. The van der Waals surface area contributed by atoms with E-state index in [4.69, 9.17) is 0 Å². The molecule has 0 aromatic heterocycles. The van der Waals surface area contributed by atoms with E-state index in [2.05, 4.69) is 12.2 Å². The molecule has 4 heteroatoms. The van der Waals surface area contributed by atoms with Crippen LogP contribution in [0.5, 0.6) is 0 Å². The van der Waals surface area contributed by atoms with E-state index in [1.807, 2.05) is 30.0 Å². The third-order valence-electron chi connectivity index (χ3n) is 4.19. The van der Waals surface area contributed by atoms with Gasteiger partial charge >= 0.3 is 0 Å². The number of nitrogens with one attached hydrogen (secondary N) is 1. The number of aliphatic hydroxyl groups excluding tert-OH is 1. The van der Waals surface area contributed by atoms with Crippen LogP contribution in [0.2, 0.25) is 0 Å². The lowest BCUT2D eigenvalue weighted by molar-refractivity contribution is 0.0574. The Balaban J connectivity index is 2.17. The minimum atomic E-state index is 0.105. The number of nitrogens with zero attached hydrogens (tertiary/aromatic N) is 1. The van der Waals surface area contributed by atoms with Crippen molar-refractivity contribution in [2.75, 3.05) is 25.0 Å². The van der Waals surface area contributed by atoms with Gasteiger partial charge in [0.05, 0.1) is 0 Å². The summed E-state index contributed by atoms with van der Waals surface area (Å²) in [7, 11) is 0. The summed E-state index contributed by atoms with van der Waals surface area (Å²) >= 11 is 0. The number of aryl methyl sites for hydroxylation is 1. The predicted octanol–water partition coefficient (Wildman–Crippen LogP) is 2.80. The van der Waals surface area contributed by atoms with E-state index in [-0.39, 0.29) is 18.6 Å². The molecular weight excluding hydrogens is 264 g/mol. The summed E-state index contributed by atoms with van der Waals surface area (Å²) < 4.78 is 0. The third kappa shape index (κ3) is 3.76. The first-order valence-corrected chi connectivity index (χ1v) is 7.93. The van der Waals surface area contributed by atoms with E-state index in [0.717, 1.165) is 49.2 Å². The number of carbonyl (C=O) groups is 1. The average Bonchev–Trinajstić information content (AvgIpc) is 2.48. The Hall–Kier alpha value is -1.55. The average molecular weight is 290 g/mol. The van der Waals surface area contributed by atoms with Crippen LogP contribution in [0.25, 0.3) is 0 Å². The number of amides is 1. The SMILES string of the molecule is CCNc1ccc(C(=O)N2CCCCC2CCO)c(C)c1. The van der Waals surface area contributed by atoms with Crippen LogP contribution in [0.3, 0.4) is 0 Å². The standard InChI is InChI=1S/C17H26N2O2/c1-3-18-14-7-8-16(13(2)12-14)17(21)19-10-5-4-6-15(19)9-11-20/h7-8,12,15,18,20H,3-6,9-11H2,1-2H3. The van der Waals surface area contributed by atoms with Crippen molar-refractivity contribution >= 4 is 11.6 Å². The molecule has 1 saturated heterocycles. The molecule has 0 bridgehead atoms. The first-order chi connectivity index (χ1) is 10.2. The smallest absolute Gasteiger partial charge is 0.254 e. The first-order valence-electron chi connectivity index (χ1n) is 7.93. The van der Waals surface area contributed by atoms with Gasteiger partial charge in [-0.15, -0.1) is 0 Å². The minimum Gasteiger partial charge on any atom is -0.396 e. The van der Waals surface area contributed by atoms with Crippen LogP contribution in [-0.4, -0.2) is 41.7 Å². The van der Waals surface area contributed by atoms with Gasteiger partial charge < -0.3 is 15.3 Å². The molecule has 1 amide bonds. The molecule has 1 heterocycles. The fourth-order valence-corrected chi connectivity index (χ4v) is 3.09. The minimum absolute atomic E-state index is 0.105. The Kier molecular flexibility index (Phi) is 5.62. The quantitative estimate of drug-likeness (QED) is 0.876. The highest BCUT2D eigenvalue weighted by atomic mass is 16.3. The number of hydrogen-bond donors (Lipinski definition) is 2. The maximum atomic E-state index is 12.8. The van der Waals surface area contributed by atoms with Gasteiger partial charge in [-0.3, -0.25) is 4.79 Å². The van der Waals surface area contributed by atoms with Gasteiger partial charge in [-0.1, -0.05) is 0 Å². The van der Waals surface area contributed by atoms with E-state index < -0.39 is 0 Å². The van der Waals surface area contributed by atoms with Crippen LogP contribution in [0.15, 0.2) is 18.2 Å². The molecule has 1 aromatic carbocycles. The Bertz CT molecular complexity index is 486. The van der Waals surface area contributed by atoms with Gasteiger partial charge in [-0.05, 0) is 63.3 Å². The number of benzene rings is 1. The highest BCUT2D eigenvalue weighted by Gasteiger charge is 2.27. The van der Waals surface area contributed by atoms with E-state index in [0.29, 0.717) is 6.42 Å². The zero-order valence-electron chi connectivity index (χ0n) is 13.1. The van der Waals surface area contributed by atoms with Gasteiger partial charge in [0.2, 0.25) is 0 Å². The third-order valence-corrected chi connectivity index (χ3v) is 4.19. The lowest BCUT2D eigenvalue weighted by atomic mass is 9.97. The molecule has 2 rings (SSSR count). The van der Waals surface area contributed by atoms with Crippen LogP contribution in [0.4, 0.5) is 5.69 Å². The van der Waals surface area contributed by atoms with Gasteiger partial charge in [-0.2, -0.15) is 0 Å². The van der Waals surface area contributed by atoms with Crippen LogP contribution >= 0.6 is 0 Å². The highest BCUT2D eigenvalue weighted by Crippen LogP contribution is 2.24. The molecule has 1 fully saturated rings. The molecule has 1 aliphatic heterocycles. The fourth-order valence-electron chi connectivity index (χ4n) is 3.09. The summed E-state index contributed by atoms with van der Waals surface area (Å²) in [5.74, 6) is 0.105. The number of likely N-dealkylation sites (tertiary alicyclic amines) is 1. The maximum absolute atomic E-state index is 12.8. The van der Waals surface area contributed by atoms with Gasteiger partial charge in [0, 0.05) is 37.0 Å². The first kappa shape index (κ1) is 15.8. The number of aliphatic hydroxyl groups is 1. The largest absolute Gasteiger partial charge is 0.396 e. The summed E-state index contributed by atoms with van der Waals surface area (Å²) in [5, 5.41) is 12.5. The monoisotopic (exact) mass is 290 g/mol. The van der Waals surface area contributed by atoms with Crippen molar-refractivity contribution in [2.24, 2.45) is 0 Å². The molecular formula is C17H26N2O2. The molecule has 0 saturated carbocycles. The molecule has 1 unspecified atom stereocenters. The van der Waals surface area contributed by atoms with Gasteiger partial charge in [0.15, 0.2) is 0 Å². The number of rotatable bonds is 5. The van der Waals surface area contributed by atoms with Crippen molar-refractivity contribution in [3.05, 3.63) is 29.3 Å². The zero-order valence-corrected chi connectivity index (χ0v) is 13.1. The predicted molar refractivity (Wildman–Crippen MR) is 85.7 cm³/mol. The van der Waals surface area contributed by atoms with E-state index in [9.17, 15) is 9.90 Å². The molecule has 2 N–H and O–H groups in total. The number of carbonyl (C=O) groups excluding carboxylic acids is 1. The second kappa shape index (κ2) is 7.46. The Morgan fingerprint density at radius 1 is 1.43 bits per heavy atom. The van der Waals surface area contributed by atoms with Crippen LogP contribution in [0, 0.1) is 6.92 Å². The Labute approximate surface area is 127 Å². The summed E-state index contributed by atoms with van der Waals surface area (Å²) in [6.45, 7) is 5.86. The summed E-state index contributed by atoms with van der Waals surface area (Å²) in [6.07, 6.45) is 3.88. The zero-order chi connectivity index (χ0) is 15.2. The van der Waals surface area contributed by atoms with Crippen molar-refractivity contribution in [3.63, 3.8) is 0 Å². The highest BCUT2D eigenvalue weighted by molar-refractivity contribution is 5.96. The Morgan fingerprint density at radius 2 is 2.24 bits per heavy atom. The molecule has 0 aliphatic carbocycles. The van der Waals surface area contributed by atoms with Crippen molar-refractivity contribution in [3.8, 4) is 0 Å². The molecule has 0 radical (unpaired) electrons. The van der Waals surface area contributed by atoms with E-state index >= 15 is 0 Å². The van der Waals surface area contributed by atoms with Crippen molar-refractivity contribution in [2.45, 2.75) is 45.6 Å². The molecule has 0 spiro atoms. The van der Waals surface area contributed by atoms with Gasteiger partial charge in [0.25, 0.3) is 5.91 Å². The van der Waals surface area contributed by atoms with Crippen molar-refractivity contribution in [1.82, 2.24) is 4.90 Å². The van der Waals surface area contributed by atoms with E-state index in [1.54, 1.807) is 0 Å². The number of hydrogen-bond acceptors (Lipinski definition) is 3. The van der Waals surface area contributed by atoms with Gasteiger partial charge in [0.1, 0.15) is 0 Å². The number of piperidine rings is 1. The lowest BCUT2D eigenvalue weighted by Crippen LogP contribution is -2.44. The van der Waals surface area contributed by atoms with Crippen molar-refractivity contribution < 1.29 is 9.90 Å². The van der Waals surface area contributed by atoms with Gasteiger partial charge in [-0.25, -0.2) is 0 Å². The molecule has 1 aliphatic rings. The van der Waals surface area contributed by atoms with Crippen LogP contribution in [0.1, 0.15) is 48.5 Å². The van der Waals surface area contributed by atoms with Crippen LogP contribution in [-0.2, 0) is 0 Å². The maximum Gasteiger partial charge on any atom is 0.254 e. The molecule has 116 valence electrons. The topological polar surface area (TPSA) is 52.6 Å². The van der Waals surface area contributed by atoms with E-state index in [1.165, 1.54) is 0 Å². The normalized spacial score (nSPS) is 18.6. The summed E-state index contributed by atoms with van der Waals surface area (Å²) in [5.41, 5.74) is 2.84. The van der Waals surface area contributed by atoms with Crippen LogP contribution < -0.4 is 5.32 Å². The van der Waals surface area contributed by atoms with Crippen molar-refractivity contribution in [1.29, 1.82) is 0 Å². The molecule has 1 aromatic rings. The second-order valence-electron chi connectivity index (χ2n) is 5.72. The fraction of sp³-hybridized carbons (Fsp3) is 0.588. The molecule has 1 atom stereocenters. The summed E-state index contributed by atoms with van der Waals surface area (Å²) in [4.78, 5) is 14.8. The summed E-state index contributed by atoms with van der Waals surface area (Å²) in [6, 6.07) is 6.10. The molecule has 21 heavy (non-hydrogen) atoms. The molecule has 4 nitrogen and oxygen atoms in total. The number of anilines is 1. The second-order valence-corrected chi connectivity index (χ2v) is 5.72.